The number of fused-ring (bicyclic) bond motifs is 1. The summed E-state index contributed by atoms with van der Waals surface area (Å²) in [5.41, 5.74) is 7.62. The lowest BCUT2D eigenvalue weighted by Crippen LogP contribution is -2.38. The van der Waals surface area contributed by atoms with Gasteiger partial charge >= 0.3 is 0 Å². The molecule has 7 nitrogen and oxygen atoms in total. The molecule has 0 fully saturated rings. The Balaban J connectivity index is 2.18. The van der Waals surface area contributed by atoms with Gasteiger partial charge in [0.1, 0.15) is 11.4 Å². The summed E-state index contributed by atoms with van der Waals surface area (Å²) in [6.45, 7) is 3.59. The highest BCUT2D eigenvalue weighted by Gasteiger charge is 2.17. The third-order valence-electron chi connectivity index (χ3n) is 3.83. The predicted molar refractivity (Wildman–Crippen MR) is 95.7 cm³/mol. The normalized spacial score (nSPS) is 11.0. The van der Waals surface area contributed by atoms with Crippen molar-refractivity contribution in [2.75, 3.05) is 34.3 Å². The zero-order valence-electron chi connectivity index (χ0n) is 14.6. The van der Waals surface area contributed by atoms with Gasteiger partial charge in [0, 0.05) is 30.6 Å². The first-order valence-electron chi connectivity index (χ1n) is 7.82. The molecule has 24 heavy (non-hydrogen) atoms. The largest absolute Gasteiger partial charge is 0.493 e. The molecule has 2 rings (SSSR count). The molecular weight excluding hydrogens is 306 g/mol. The average molecular weight is 331 g/mol. The fourth-order valence-electron chi connectivity index (χ4n) is 2.45. The molecule has 1 aromatic carbocycles. The van der Waals surface area contributed by atoms with E-state index in [1.165, 1.54) is 7.05 Å². The van der Waals surface area contributed by atoms with Gasteiger partial charge in [-0.2, -0.15) is 0 Å². The predicted octanol–water partition coefficient (Wildman–Crippen LogP) is 1.77. The molecule has 1 amide bonds. The maximum absolute atomic E-state index is 12.3. The number of aromatic amines is 1. The van der Waals surface area contributed by atoms with Crippen LogP contribution in [0.3, 0.4) is 0 Å². The number of ether oxygens (including phenoxy) is 1. The molecule has 2 aromatic rings. The summed E-state index contributed by atoms with van der Waals surface area (Å²) in [6, 6.07) is 5.64. The molecule has 0 bridgehead atoms. The van der Waals surface area contributed by atoms with Crippen LogP contribution in [0.15, 0.2) is 18.2 Å². The van der Waals surface area contributed by atoms with Crippen LogP contribution in [0.1, 0.15) is 22.5 Å². The first-order valence-corrected chi connectivity index (χ1v) is 7.82. The molecule has 0 saturated heterocycles. The van der Waals surface area contributed by atoms with Crippen LogP contribution in [-0.2, 0) is 0 Å². The minimum absolute atomic E-state index is 0.291. The Morgan fingerprint density at radius 3 is 2.62 bits per heavy atom. The molecule has 0 aliphatic heterocycles. The lowest BCUT2D eigenvalue weighted by Gasteiger charge is -2.12. The minimum Gasteiger partial charge on any atom is -0.493 e. The van der Waals surface area contributed by atoms with Crippen molar-refractivity contribution in [2.24, 2.45) is 5.73 Å². The van der Waals surface area contributed by atoms with E-state index < -0.39 is 0 Å². The Kier molecular flexibility index (Phi) is 5.46. The Morgan fingerprint density at radius 1 is 1.29 bits per heavy atom. The van der Waals surface area contributed by atoms with Crippen LogP contribution >= 0.6 is 0 Å². The van der Waals surface area contributed by atoms with Crippen molar-refractivity contribution in [2.45, 2.75) is 13.3 Å². The van der Waals surface area contributed by atoms with E-state index in [0.717, 1.165) is 40.1 Å². The van der Waals surface area contributed by atoms with Crippen molar-refractivity contribution in [1.82, 2.24) is 14.8 Å². The molecule has 1 heterocycles. The average Bonchev–Trinajstić information content (AvgIpc) is 2.94. The van der Waals surface area contributed by atoms with Gasteiger partial charge in [-0.25, -0.2) is 0 Å². The van der Waals surface area contributed by atoms with Crippen molar-refractivity contribution in [1.29, 1.82) is 5.41 Å². The molecule has 130 valence electrons. The number of guanidine groups is 1. The molecule has 0 atom stereocenters. The van der Waals surface area contributed by atoms with Gasteiger partial charge in [-0.15, -0.1) is 0 Å². The van der Waals surface area contributed by atoms with Gasteiger partial charge in [0.25, 0.3) is 5.91 Å². The summed E-state index contributed by atoms with van der Waals surface area (Å²) in [5, 5.41) is 8.32. The number of nitrogens with one attached hydrogen (secondary N) is 2. The third-order valence-corrected chi connectivity index (χ3v) is 3.83. The molecule has 0 aliphatic carbocycles. The monoisotopic (exact) mass is 331 g/mol. The Morgan fingerprint density at radius 2 is 2.00 bits per heavy atom. The van der Waals surface area contributed by atoms with Gasteiger partial charge in [0.2, 0.25) is 0 Å². The van der Waals surface area contributed by atoms with Gasteiger partial charge in [0.15, 0.2) is 5.96 Å². The number of H-pyrrole nitrogens is 1. The van der Waals surface area contributed by atoms with Crippen LogP contribution in [-0.4, -0.2) is 60.9 Å². The van der Waals surface area contributed by atoms with Crippen LogP contribution in [0.25, 0.3) is 10.9 Å². The second kappa shape index (κ2) is 7.35. The van der Waals surface area contributed by atoms with Crippen molar-refractivity contribution in [3.63, 3.8) is 0 Å². The number of aryl methyl sites for hydroxylation is 1. The van der Waals surface area contributed by atoms with Gasteiger partial charge < -0.3 is 20.4 Å². The van der Waals surface area contributed by atoms with E-state index in [2.05, 4.69) is 9.88 Å². The van der Waals surface area contributed by atoms with E-state index in [9.17, 15) is 4.79 Å². The van der Waals surface area contributed by atoms with E-state index in [1.54, 1.807) is 6.07 Å². The second-order valence-corrected chi connectivity index (χ2v) is 6.14. The van der Waals surface area contributed by atoms with Gasteiger partial charge in [0.05, 0.1) is 6.61 Å². The fraction of sp³-hybridized carbons (Fsp3) is 0.412. The van der Waals surface area contributed by atoms with Crippen molar-refractivity contribution < 1.29 is 9.53 Å². The summed E-state index contributed by atoms with van der Waals surface area (Å²) >= 11 is 0. The Hall–Kier alpha value is -2.54. The molecule has 0 spiro atoms. The first kappa shape index (κ1) is 17.8. The molecule has 0 aliphatic rings. The second-order valence-electron chi connectivity index (χ2n) is 6.14. The Bertz CT molecular complexity index is 751. The van der Waals surface area contributed by atoms with E-state index >= 15 is 0 Å². The number of hydrogen-bond acceptors (Lipinski definition) is 4. The van der Waals surface area contributed by atoms with Crippen LogP contribution in [0.5, 0.6) is 5.75 Å². The number of aromatic nitrogens is 1. The van der Waals surface area contributed by atoms with E-state index in [4.69, 9.17) is 15.9 Å². The maximum Gasteiger partial charge on any atom is 0.276 e. The quantitative estimate of drug-likeness (QED) is 0.427. The number of carbonyl (C=O) groups is 1. The smallest absolute Gasteiger partial charge is 0.276 e. The molecular formula is C17H25N5O2. The molecule has 1 aromatic heterocycles. The van der Waals surface area contributed by atoms with Gasteiger partial charge in [-0.1, -0.05) is 0 Å². The highest BCUT2D eigenvalue weighted by Crippen LogP contribution is 2.26. The van der Waals surface area contributed by atoms with Gasteiger partial charge in [-0.05, 0) is 45.1 Å². The lowest BCUT2D eigenvalue weighted by atomic mass is 10.1. The highest BCUT2D eigenvalue weighted by atomic mass is 16.5. The number of nitrogens with two attached hydrogens (primary N) is 1. The summed E-state index contributed by atoms with van der Waals surface area (Å²) < 4.78 is 5.80. The van der Waals surface area contributed by atoms with E-state index in [-0.39, 0.29) is 11.9 Å². The summed E-state index contributed by atoms with van der Waals surface area (Å²) in [5.74, 6) is 0.145. The number of benzene rings is 1. The SMILES string of the molecule is Cc1cc(OCCCN(C)C)cc2[nH]c(C(=O)N(C)C(=N)N)cc12. The number of hydrogen-bond donors (Lipinski definition) is 3. The topological polar surface area (TPSA) is 98.4 Å². The van der Waals surface area contributed by atoms with Crippen LogP contribution in [0, 0.1) is 12.3 Å². The van der Waals surface area contributed by atoms with E-state index in [0.29, 0.717) is 12.3 Å². The fourth-order valence-corrected chi connectivity index (χ4v) is 2.45. The summed E-state index contributed by atoms with van der Waals surface area (Å²) in [6.07, 6.45) is 0.946. The molecule has 4 N–H and O–H groups in total. The standard InChI is InChI=1S/C17H25N5O2/c1-11-8-12(24-7-5-6-21(2)3)9-14-13(11)10-15(20-14)16(23)22(4)17(18)19/h8-10,20H,5-7H2,1-4H3,(H3,18,19). The highest BCUT2D eigenvalue weighted by molar-refractivity contribution is 6.06. The van der Waals surface area contributed by atoms with Crippen molar-refractivity contribution in [3.05, 3.63) is 29.5 Å². The third kappa shape index (κ3) is 4.05. The van der Waals surface area contributed by atoms with Gasteiger partial charge in [-0.3, -0.25) is 15.1 Å². The lowest BCUT2D eigenvalue weighted by molar-refractivity contribution is 0.0864. The minimum atomic E-state index is -0.341. The first-order chi connectivity index (χ1) is 11.3. The van der Waals surface area contributed by atoms with Crippen LogP contribution in [0.2, 0.25) is 0 Å². The van der Waals surface area contributed by atoms with Crippen LogP contribution in [0.4, 0.5) is 0 Å². The maximum atomic E-state index is 12.3. The van der Waals surface area contributed by atoms with Crippen molar-refractivity contribution in [3.8, 4) is 5.75 Å². The zero-order chi connectivity index (χ0) is 17.9. The number of nitrogens with zero attached hydrogens (tertiary/aromatic N) is 2. The van der Waals surface area contributed by atoms with Crippen LogP contribution < -0.4 is 10.5 Å². The summed E-state index contributed by atoms with van der Waals surface area (Å²) in [4.78, 5) is 18.6. The zero-order valence-corrected chi connectivity index (χ0v) is 14.6. The molecule has 0 unspecified atom stereocenters. The van der Waals surface area contributed by atoms with E-state index in [1.807, 2.05) is 33.2 Å². The number of amides is 1. The number of carbonyl (C=O) groups excluding carboxylic acids is 1. The van der Waals surface area contributed by atoms with Crippen molar-refractivity contribution >= 4 is 22.8 Å². The molecule has 0 saturated carbocycles. The Labute approximate surface area is 141 Å². The number of rotatable bonds is 6. The molecule has 0 radical (unpaired) electrons. The molecule has 7 heteroatoms. The summed E-state index contributed by atoms with van der Waals surface area (Å²) in [7, 11) is 5.54.